The number of carbonyl (C=O) groups is 3. The van der Waals surface area contributed by atoms with Gasteiger partial charge < -0.3 is 15.0 Å². The minimum Gasteiger partial charge on any atom is -0.465 e. The van der Waals surface area contributed by atoms with Crippen molar-refractivity contribution in [3.63, 3.8) is 0 Å². The third kappa shape index (κ3) is 4.45. The van der Waals surface area contributed by atoms with Crippen molar-refractivity contribution in [2.45, 2.75) is 31.6 Å². The van der Waals surface area contributed by atoms with Crippen LogP contribution < -0.4 is 20.4 Å². The topological polar surface area (TPSA) is 117 Å². The molecular formula is C21H21F3N6O4. The zero-order chi connectivity index (χ0) is 24.6. The number of pyridine rings is 2. The Labute approximate surface area is 192 Å². The highest BCUT2D eigenvalue weighted by atomic mass is 19.4. The Hall–Kier alpha value is -3.90. The molecule has 2 atom stereocenters. The van der Waals surface area contributed by atoms with Gasteiger partial charge in [0.2, 0.25) is 0 Å². The van der Waals surface area contributed by atoms with Gasteiger partial charge >= 0.3 is 18.2 Å². The Morgan fingerprint density at radius 1 is 1.24 bits per heavy atom. The quantitative estimate of drug-likeness (QED) is 0.649. The number of hydrogen-bond donors (Lipinski definition) is 2. The number of nitrogens with one attached hydrogen (secondary N) is 2. The third-order valence-electron chi connectivity index (χ3n) is 5.66. The predicted octanol–water partition coefficient (Wildman–Crippen LogP) is 2.57. The minimum atomic E-state index is -4.60. The Kier molecular flexibility index (Phi) is 6.02. The van der Waals surface area contributed by atoms with Gasteiger partial charge in [0.05, 0.1) is 24.4 Å². The number of amides is 3. The normalized spacial score (nSPS) is 17.6. The van der Waals surface area contributed by atoms with E-state index in [9.17, 15) is 27.6 Å². The number of urea groups is 1. The zero-order valence-corrected chi connectivity index (χ0v) is 18.2. The molecule has 1 saturated heterocycles. The maximum absolute atomic E-state index is 13.2. The van der Waals surface area contributed by atoms with Gasteiger partial charge in [0.1, 0.15) is 17.6 Å². The number of hydrogen-bond acceptors (Lipinski definition) is 7. The lowest BCUT2D eigenvalue weighted by molar-refractivity contribution is -0.149. The van der Waals surface area contributed by atoms with Crippen molar-refractivity contribution in [1.29, 1.82) is 0 Å². The molecule has 4 rings (SSSR count). The van der Waals surface area contributed by atoms with E-state index in [1.807, 2.05) is 10.2 Å². The van der Waals surface area contributed by atoms with Gasteiger partial charge in [0.25, 0.3) is 5.91 Å². The fraction of sp³-hybridized carbons (Fsp3) is 0.381. The lowest BCUT2D eigenvalue weighted by Gasteiger charge is -2.35. The number of aromatic nitrogens is 2. The van der Waals surface area contributed by atoms with Crippen LogP contribution in [0.3, 0.4) is 0 Å². The average Bonchev–Trinajstić information content (AvgIpc) is 3.21. The summed E-state index contributed by atoms with van der Waals surface area (Å²) in [5, 5.41) is 4.49. The molecule has 0 spiro atoms. The number of esters is 1. The summed E-state index contributed by atoms with van der Waals surface area (Å²) in [6.07, 6.45) is -2.63. The molecule has 180 valence electrons. The predicted molar refractivity (Wildman–Crippen MR) is 115 cm³/mol. The maximum atomic E-state index is 13.2. The maximum Gasteiger partial charge on any atom is 0.408 e. The summed E-state index contributed by atoms with van der Waals surface area (Å²) in [5.74, 6) is -1.35. The van der Waals surface area contributed by atoms with Crippen molar-refractivity contribution in [3.8, 4) is 0 Å². The highest BCUT2D eigenvalue weighted by molar-refractivity contribution is 6.05. The van der Waals surface area contributed by atoms with Gasteiger partial charge in [-0.2, -0.15) is 13.2 Å². The summed E-state index contributed by atoms with van der Waals surface area (Å²) < 4.78 is 43.2. The molecule has 2 bridgehead atoms. The summed E-state index contributed by atoms with van der Waals surface area (Å²) in [4.78, 5) is 49.0. The molecule has 4 heterocycles. The first-order valence-electron chi connectivity index (χ1n) is 10.4. The van der Waals surface area contributed by atoms with E-state index in [4.69, 9.17) is 0 Å². The molecule has 2 aromatic rings. The second-order valence-electron chi connectivity index (χ2n) is 7.89. The molecule has 1 fully saturated rings. The van der Waals surface area contributed by atoms with Gasteiger partial charge in [-0.1, -0.05) is 0 Å². The Morgan fingerprint density at radius 3 is 2.71 bits per heavy atom. The smallest absolute Gasteiger partial charge is 0.408 e. The molecule has 0 saturated carbocycles. The Morgan fingerprint density at radius 2 is 2.00 bits per heavy atom. The van der Waals surface area contributed by atoms with E-state index < -0.39 is 30.1 Å². The van der Waals surface area contributed by atoms with Crippen LogP contribution in [0.15, 0.2) is 30.5 Å². The molecule has 2 aromatic heterocycles. The van der Waals surface area contributed by atoms with Gasteiger partial charge in [-0.05, 0) is 37.6 Å². The number of alkyl halides is 3. The molecule has 1 unspecified atom stereocenters. The van der Waals surface area contributed by atoms with E-state index in [2.05, 4.69) is 20.0 Å². The van der Waals surface area contributed by atoms with Gasteiger partial charge in [-0.25, -0.2) is 19.6 Å². The molecular weight excluding hydrogens is 457 g/mol. The first-order chi connectivity index (χ1) is 16.1. The second-order valence-corrected chi connectivity index (χ2v) is 7.89. The van der Waals surface area contributed by atoms with Crippen molar-refractivity contribution in [2.24, 2.45) is 0 Å². The van der Waals surface area contributed by atoms with E-state index in [-0.39, 0.29) is 28.9 Å². The lowest BCUT2D eigenvalue weighted by Crippen LogP contribution is -2.49. The molecule has 3 amide bonds. The van der Waals surface area contributed by atoms with Crippen LogP contribution in [-0.4, -0.2) is 66.3 Å². The van der Waals surface area contributed by atoms with E-state index in [0.29, 0.717) is 25.2 Å². The van der Waals surface area contributed by atoms with Gasteiger partial charge in [0, 0.05) is 19.3 Å². The van der Waals surface area contributed by atoms with Crippen LogP contribution in [0.2, 0.25) is 0 Å². The van der Waals surface area contributed by atoms with Gasteiger partial charge in [-0.3, -0.25) is 15.0 Å². The highest BCUT2D eigenvalue weighted by Gasteiger charge is 2.41. The minimum absolute atomic E-state index is 0.0998. The monoisotopic (exact) mass is 478 g/mol. The zero-order valence-electron chi connectivity index (χ0n) is 18.2. The molecule has 2 aliphatic heterocycles. The second kappa shape index (κ2) is 8.80. The van der Waals surface area contributed by atoms with Crippen LogP contribution in [0, 0.1) is 0 Å². The molecule has 0 radical (unpaired) electrons. The fourth-order valence-electron chi connectivity index (χ4n) is 3.86. The highest BCUT2D eigenvalue weighted by Crippen LogP contribution is 2.39. The van der Waals surface area contributed by atoms with Crippen LogP contribution in [0.5, 0.6) is 0 Å². The number of anilines is 3. The third-order valence-corrected chi connectivity index (χ3v) is 5.66. The molecule has 2 N–H and O–H groups in total. The standard InChI is InChI=1S/C21H21F3N6O4/c1-11(21(22,23)24)26-18(31)14-3-4-15-17(27-14)30(13-6-8-29(15)10-13)20(33)28-16-9-12(5-7-25-16)19(32)34-2/h3-5,7,9,11,13H,6,8,10H2,1-2H3,(H,26,31)(H,25,28,33)/t11?,13-/m0/s1. The number of halogens is 3. The van der Waals surface area contributed by atoms with Crippen molar-refractivity contribution in [3.05, 3.63) is 41.7 Å². The number of rotatable bonds is 4. The van der Waals surface area contributed by atoms with Crippen molar-refractivity contribution < 1.29 is 32.3 Å². The molecule has 0 aliphatic carbocycles. The molecule has 2 aliphatic rings. The number of ether oxygens (including phenoxy) is 1. The van der Waals surface area contributed by atoms with Crippen LogP contribution in [-0.2, 0) is 4.74 Å². The number of carbonyl (C=O) groups excluding carboxylic acids is 3. The van der Waals surface area contributed by atoms with Crippen LogP contribution in [0.1, 0.15) is 34.2 Å². The summed E-state index contributed by atoms with van der Waals surface area (Å²) in [6, 6.07) is 2.74. The molecule has 10 nitrogen and oxygen atoms in total. The fourth-order valence-corrected chi connectivity index (χ4v) is 3.86. The van der Waals surface area contributed by atoms with Crippen molar-refractivity contribution in [1.82, 2.24) is 15.3 Å². The van der Waals surface area contributed by atoms with Crippen LogP contribution in [0.4, 0.5) is 35.3 Å². The van der Waals surface area contributed by atoms with E-state index in [1.165, 1.54) is 36.4 Å². The van der Waals surface area contributed by atoms with Gasteiger partial charge in [-0.15, -0.1) is 0 Å². The van der Waals surface area contributed by atoms with Crippen molar-refractivity contribution in [2.75, 3.05) is 35.3 Å². The van der Waals surface area contributed by atoms with Crippen LogP contribution in [0.25, 0.3) is 0 Å². The number of fused-ring (bicyclic) bond motifs is 4. The summed E-state index contributed by atoms with van der Waals surface area (Å²) in [7, 11) is 1.23. The Balaban J connectivity index is 1.61. The number of methoxy groups -OCH3 is 1. The summed E-state index contributed by atoms with van der Waals surface area (Å²) >= 11 is 0. The SMILES string of the molecule is COC(=O)c1ccnc(NC(=O)N2c3nc(C(=O)NC(C)C(F)(F)F)ccc3N3CC[C@H]2C3)c1. The van der Waals surface area contributed by atoms with E-state index in [0.717, 1.165) is 6.92 Å². The van der Waals surface area contributed by atoms with E-state index >= 15 is 0 Å². The molecule has 34 heavy (non-hydrogen) atoms. The summed E-state index contributed by atoms with van der Waals surface area (Å²) in [5.41, 5.74) is 0.524. The first-order valence-corrected chi connectivity index (χ1v) is 10.4. The van der Waals surface area contributed by atoms with Crippen molar-refractivity contribution >= 4 is 35.2 Å². The lowest BCUT2D eigenvalue weighted by atomic mass is 10.1. The van der Waals surface area contributed by atoms with Crippen LogP contribution >= 0.6 is 0 Å². The number of nitrogens with zero attached hydrogens (tertiary/aromatic N) is 4. The first kappa shape index (κ1) is 23.3. The Bertz CT molecular complexity index is 1140. The van der Waals surface area contributed by atoms with E-state index in [1.54, 1.807) is 6.07 Å². The average molecular weight is 478 g/mol. The largest absolute Gasteiger partial charge is 0.465 e. The molecule has 0 aromatic carbocycles. The molecule has 13 heteroatoms. The van der Waals surface area contributed by atoms with Gasteiger partial charge in [0.15, 0.2) is 5.82 Å². The summed E-state index contributed by atoms with van der Waals surface area (Å²) in [6.45, 7) is 2.02.